The van der Waals surface area contributed by atoms with Crippen LogP contribution in [0.4, 0.5) is 0 Å². The van der Waals surface area contributed by atoms with Gasteiger partial charge in [-0.2, -0.15) is 0 Å². The van der Waals surface area contributed by atoms with E-state index < -0.39 is 163 Å². The second kappa shape index (κ2) is 43.4. The van der Waals surface area contributed by atoms with Gasteiger partial charge in [0.05, 0.1) is 31.9 Å². The lowest BCUT2D eigenvalue weighted by molar-refractivity contribution is -0.164. The lowest BCUT2D eigenvalue weighted by Gasteiger charge is -2.43. The Morgan fingerprint density at radius 3 is 1.44 bits per heavy atom. The van der Waals surface area contributed by atoms with Crippen molar-refractivity contribution in [3.05, 3.63) is 72.8 Å². The number of Topliss-reactive ketones (excluding diaryl/α,β-unsaturated/α-hetero) is 3. The van der Waals surface area contributed by atoms with Gasteiger partial charge in [0.25, 0.3) is 8.32 Å². The number of likely N-dealkylation sites (N-methyl/N-ethyl adjacent to an activating group) is 7. The number of carbonyl (C=O) groups is 12. The maximum atomic E-state index is 15.7. The Labute approximate surface area is 654 Å². The number of allylic oxidation sites excluding steroid dienone is 2. The molecule has 1 fully saturated rings. The van der Waals surface area contributed by atoms with E-state index in [2.05, 4.69) is 50.4 Å². The van der Waals surface area contributed by atoms with Crippen LogP contribution in [0.3, 0.4) is 0 Å². The molecule has 109 heavy (non-hydrogen) atoms. The van der Waals surface area contributed by atoms with Crippen LogP contribution in [0, 0.1) is 59.2 Å². The van der Waals surface area contributed by atoms with Gasteiger partial charge in [-0.15, -0.1) is 0 Å². The van der Waals surface area contributed by atoms with Crippen molar-refractivity contribution in [3.8, 4) is 0 Å². The predicted octanol–water partition coefficient (Wildman–Crippen LogP) is 9.68. The van der Waals surface area contributed by atoms with Crippen LogP contribution in [0.25, 0.3) is 0 Å². The van der Waals surface area contributed by atoms with Crippen LogP contribution < -0.4 is 15.7 Å². The van der Waals surface area contributed by atoms with Gasteiger partial charge in [0.2, 0.25) is 47.3 Å². The molecule has 0 radical (unpaired) electrons. The van der Waals surface area contributed by atoms with Crippen molar-refractivity contribution in [1.29, 1.82) is 0 Å². The summed E-state index contributed by atoms with van der Waals surface area (Å²) in [6.45, 7) is 38.1. The van der Waals surface area contributed by atoms with Gasteiger partial charge < -0.3 is 53.5 Å². The number of hydrogen-bond donors (Lipinski definition) is 1. The van der Waals surface area contributed by atoms with E-state index in [0.29, 0.717) is 0 Å². The lowest BCUT2D eigenvalue weighted by Crippen LogP contribution is -2.66. The van der Waals surface area contributed by atoms with Gasteiger partial charge in [0.1, 0.15) is 48.1 Å². The van der Waals surface area contributed by atoms with Crippen molar-refractivity contribution >= 4 is 89.3 Å². The van der Waals surface area contributed by atoms with Gasteiger partial charge in [-0.25, -0.2) is 0 Å². The molecule has 0 saturated carbocycles. The number of carbonyl (C=O) groups excluding carboxylic acids is 12. The van der Waals surface area contributed by atoms with E-state index in [4.69, 9.17) is 13.9 Å². The minimum Gasteiger partial charge on any atom is -0.459 e. The Morgan fingerprint density at radius 2 is 0.982 bits per heavy atom. The average molecular weight is 1540 g/mol. The fraction of sp³-hybridized carbons (Fsp3) is 0.694. The molecule has 0 aromatic heterocycles. The zero-order chi connectivity index (χ0) is 83.2. The number of ether oxygens (including phenoxy) is 2. The number of amides is 8. The van der Waals surface area contributed by atoms with Crippen LogP contribution in [0.1, 0.15) is 197 Å². The third-order valence-corrected chi connectivity index (χ3v) is 26.9. The molecule has 23 nitrogen and oxygen atoms in total. The number of hydrogen-bond acceptors (Lipinski definition) is 15. The second-order valence-electron chi connectivity index (χ2n) is 33.9. The van der Waals surface area contributed by atoms with E-state index >= 15 is 38.4 Å². The van der Waals surface area contributed by atoms with Crippen molar-refractivity contribution < 1.29 is 71.4 Å². The highest BCUT2D eigenvalue weighted by molar-refractivity contribution is 6.99. The molecule has 0 unspecified atom stereocenters. The Hall–Kier alpha value is -7.44. The molecule has 2 aromatic rings. The number of ketones is 3. The van der Waals surface area contributed by atoms with E-state index in [1.54, 1.807) is 75.3 Å². The Kier molecular flexibility index (Phi) is 38.1. The number of nitrogens with one attached hydrogen (secondary N) is 1. The molecule has 0 aliphatic carbocycles. The summed E-state index contributed by atoms with van der Waals surface area (Å²) in [5.74, 6) is -13.1. The molecular formula is C85H138N8O15Si. The molecule has 1 aliphatic rings. The SMILES string of the molecule is C/C=C/C[C@@H](C)[C@@H](OC(C)=O)[C@H]1C(=O)N[C@@H](CC)C(=O)N(C)[C@H](C)C(=O)N(C)[C@@H]([C@H](C)COCCO[Si](c2ccccc2)(c2ccccc2)C(C)(C)C)C(=O)C[C@@H](C(C)C)C(=O)N(C)[C@@H](CC(C)C)C(=O)C[C@@H](C)C(=O)C[C@H](C)C(=O)N(C)[C@@H](CC(C)C)C(=O)N(C)[C@@H](CC(C)C)C(=O)N(C)[C@@H](C(C)C)C(=O)N1C. The molecule has 1 N–H and O–H groups in total. The number of benzene rings is 2. The minimum atomic E-state index is -3.00. The Bertz CT molecular complexity index is 3350. The summed E-state index contributed by atoms with van der Waals surface area (Å²) in [5, 5.41) is 4.67. The third-order valence-electron chi connectivity index (χ3n) is 21.9. The second-order valence-corrected chi connectivity index (χ2v) is 38.2. The first-order chi connectivity index (χ1) is 50.7. The van der Waals surface area contributed by atoms with E-state index in [1.165, 1.54) is 92.6 Å². The summed E-state index contributed by atoms with van der Waals surface area (Å²) < 4.78 is 19.7. The zero-order valence-corrected chi connectivity index (χ0v) is 72.4. The first kappa shape index (κ1) is 95.8. The highest BCUT2D eigenvalue weighted by Crippen LogP contribution is 2.37. The van der Waals surface area contributed by atoms with Gasteiger partial charge in [0.15, 0.2) is 11.6 Å². The van der Waals surface area contributed by atoms with Crippen LogP contribution in [-0.4, -0.2) is 237 Å². The molecule has 0 bridgehead atoms. The maximum Gasteiger partial charge on any atom is 0.303 e. The minimum absolute atomic E-state index is 0.0339. The van der Waals surface area contributed by atoms with Crippen LogP contribution in [-0.2, 0) is 71.4 Å². The predicted molar refractivity (Wildman–Crippen MR) is 430 cm³/mol. The summed E-state index contributed by atoms with van der Waals surface area (Å²) >= 11 is 0. The highest BCUT2D eigenvalue weighted by atomic mass is 28.4. The molecule has 1 heterocycles. The Balaban J connectivity index is 2.40. The highest BCUT2D eigenvalue weighted by Gasteiger charge is 2.51. The van der Waals surface area contributed by atoms with E-state index in [1.807, 2.05) is 84.0 Å². The van der Waals surface area contributed by atoms with Crippen molar-refractivity contribution in [3.63, 3.8) is 0 Å². The number of rotatable bonds is 23. The monoisotopic (exact) mass is 1540 g/mol. The van der Waals surface area contributed by atoms with Crippen molar-refractivity contribution in [1.82, 2.24) is 39.6 Å². The van der Waals surface area contributed by atoms with Crippen LogP contribution >= 0.6 is 0 Å². The first-order valence-electron chi connectivity index (χ1n) is 39.6. The van der Waals surface area contributed by atoms with Crippen LogP contribution in [0.5, 0.6) is 0 Å². The summed E-state index contributed by atoms with van der Waals surface area (Å²) in [6, 6.07) is 10.1. The fourth-order valence-corrected chi connectivity index (χ4v) is 19.9. The average Bonchev–Trinajstić information content (AvgIpc) is 0.748. The largest absolute Gasteiger partial charge is 0.459 e. The lowest BCUT2D eigenvalue weighted by atomic mass is 9.83. The quantitative estimate of drug-likeness (QED) is 0.0469. The summed E-state index contributed by atoms with van der Waals surface area (Å²) in [5.41, 5.74) is 0. The topological polar surface area (TPSA) is 267 Å². The van der Waals surface area contributed by atoms with Crippen LogP contribution in [0.15, 0.2) is 72.8 Å². The summed E-state index contributed by atoms with van der Waals surface area (Å²) in [6.07, 6.45) is 2.12. The molecule has 3 rings (SSSR count). The van der Waals surface area contributed by atoms with Crippen molar-refractivity contribution in [2.24, 2.45) is 59.2 Å². The van der Waals surface area contributed by atoms with Gasteiger partial charge in [-0.05, 0) is 96.9 Å². The normalized spacial score (nSPS) is 24.9. The van der Waals surface area contributed by atoms with Crippen molar-refractivity contribution in [2.45, 2.75) is 256 Å². The first-order valence-corrected chi connectivity index (χ1v) is 41.5. The molecule has 612 valence electrons. The van der Waals surface area contributed by atoms with E-state index in [0.717, 1.165) is 15.3 Å². The molecule has 8 amide bonds. The zero-order valence-electron chi connectivity index (χ0n) is 71.4. The number of esters is 1. The summed E-state index contributed by atoms with van der Waals surface area (Å²) in [7, 11) is 7.19. The standard InChI is InChI=1S/C85H138N8O15Si/c1-29-31-38-57(13)76(108-62(18)94)75-77(98)86-66(30-2)81(102)87(22)61(17)79(100)92(27)74(60(16)51-106-43-44-107-109(85(19,20)21,63-39-34-32-35-40-63)64-41-36-33-37-42-64)72(97)50-65(55(9)10)80(101)88(23)67(45-52(3)4)71(96)48-58(14)70(95)49-59(15)78(99)89(24)68(46-53(5)6)82(103)90(25)69(47-54(7)8)83(104)91(26)73(56(11)12)84(105)93(75)28/h29,31-37,39-42,52-61,65-69,73-76H,30,38,43-51H2,1-28H3,(H,86,98)/b31-29+/t57-,58-,59+,60-,61-,65+,66+,67+,68+,69+,73+,74+,75+,76-/m1/s1. The molecule has 0 spiro atoms. The molecule has 24 heteroatoms. The smallest absolute Gasteiger partial charge is 0.303 e. The molecule has 14 atom stereocenters. The molecular weight excluding hydrogens is 1400 g/mol. The summed E-state index contributed by atoms with van der Waals surface area (Å²) in [4.78, 5) is 189. The van der Waals surface area contributed by atoms with Gasteiger partial charge in [-0.3, -0.25) is 57.5 Å². The Morgan fingerprint density at radius 1 is 0.523 bits per heavy atom. The van der Waals surface area contributed by atoms with Crippen LogP contribution in [0.2, 0.25) is 5.04 Å². The van der Waals surface area contributed by atoms with E-state index in [-0.39, 0.29) is 106 Å². The maximum absolute atomic E-state index is 15.7. The molecule has 2 aromatic carbocycles. The fourth-order valence-electron chi connectivity index (χ4n) is 15.3. The van der Waals surface area contributed by atoms with Gasteiger partial charge in [-0.1, -0.05) is 197 Å². The van der Waals surface area contributed by atoms with Gasteiger partial charge in [0, 0.05) is 99.2 Å². The van der Waals surface area contributed by atoms with Crippen molar-refractivity contribution in [2.75, 3.05) is 69.2 Å². The molecule has 1 saturated heterocycles. The number of nitrogens with zero attached hydrogens (tertiary/aromatic N) is 7. The molecule has 1 aliphatic heterocycles. The van der Waals surface area contributed by atoms with Gasteiger partial charge >= 0.3 is 5.97 Å². The third kappa shape index (κ3) is 25.3. The van der Waals surface area contributed by atoms with E-state index in [9.17, 15) is 19.2 Å².